The number of unbranched alkanes of at least 4 members (excludes halogenated alkanes) is 36. The molecule has 0 heterocycles. The number of phosphoric ester groups is 2. The summed E-state index contributed by atoms with van der Waals surface area (Å²) in [6.45, 7) is 11.8. The Hall–Kier alpha value is -2.46. The van der Waals surface area contributed by atoms with Gasteiger partial charge in [-0.1, -0.05) is 317 Å². The minimum Gasteiger partial charge on any atom is -0.462 e. The molecule has 0 saturated heterocycles. The SMILES string of the molecule is CCCCCC/C=C\C=C/CCCCCCCC(=O)O[C@H](COC(=O)CCCCCCCCCCCCC(C)CC)COP(=O)(O)OC[C@@H](O)COP(=O)(O)OC[C@@H](COC(=O)CCCCCCCCC(C)CC)OC(=O)CCCCCCCCCCCCCCCCC(C)C. The maximum atomic E-state index is 13.1. The summed E-state index contributed by atoms with van der Waals surface area (Å²) < 4.78 is 68.5. The van der Waals surface area contributed by atoms with Crippen molar-refractivity contribution in [2.75, 3.05) is 39.6 Å². The maximum Gasteiger partial charge on any atom is 0.472 e. The van der Waals surface area contributed by atoms with Gasteiger partial charge in [-0.3, -0.25) is 37.3 Å². The smallest absolute Gasteiger partial charge is 0.462 e. The number of carbonyl (C=O) groups excluding carboxylic acids is 4. The lowest BCUT2D eigenvalue weighted by Gasteiger charge is -2.21. The Morgan fingerprint density at radius 2 is 0.615 bits per heavy atom. The molecule has 17 nitrogen and oxygen atoms in total. The van der Waals surface area contributed by atoms with Crippen LogP contribution in [-0.4, -0.2) is 96.7 Å². The zero-order chi connectivity index (χ0) is 70.9. The average Bonchev–Trinajstić information content (AvgIpc) is 1.16. The molecule has 0 aromatic rings. The summed E-state index contributed by atoms with van der Waals surface area (Å²) in [5.74, 6) is 0.182. The topological polar surface area (TPSA) is 237 Å². The van der Waals surface area contributed by atoms with Crippen LogP contribution in [0, 0.1) is 17.8 Å². The van der Waals surface area contributed by atoms with Gasteiger partial charge >= 0.3 is 39.5 Å². The molecule has 0 aromatic carbocycles. The van der Waals surface area contributed by atoms with Crippen LogP contribution in [0.15, 0.2) is 24.3 Å². The average molecular weight is 1410 g/mol. The standard InChI is InChI=1S/C77H146O17P2/c1-8-11-12-13-14-15-16-17-18-22-25-32-37-46-53-60-76(81)93-72(64-87-74(79)58-51-44-36-31-28-27-30-35-42-49-56-69(6)9-2)66-91-95(83,84)89-62-71(78)63-90-96(85,86)92-67-73(65-88-75(80)59-52-45-40-39-43-50-57-70(7)10-3)94-77(82)61-54-47-38-33-26-23-20-19-21-24-29-34-41-48-55-68(4)5/h15-18,68-73,78H,8-14,19-67H2,1-7H3,(H,83,84)(H,85,86)/b16-15-,18-17-/t69?,70?,71-,72-,73-/m1/s1. The molecule has 96 heavy (non-hydrogen) atoms. The number of esters is 4. The number of rotatable bonds is 73. The highest BCUT2D eigenvalue weighted by atomic mass is 31.2. The van der Waals surface area contributed by atoms with Crippen LogP contribution in [0.25, 0.3) is 0 Å². The minimum absolute atomic E-state index is 0.0845. The number of hydrogen-bond acceptors (Lipinski definition) is 15. The molecular weight excluding hydrogens is 1260 g/mol. The Bertz CT molecular complexity index is 1970. The fraction of sp³-hybridized carbons (Fsp3) is 0.896. The predicted octanol–water partition coefficient (Wildman–Crippen LogP) is 22.1. The molecule has 566 valence electrons. The molecule has 0 spiro atoms. The van der Waals surface area contributed by atoms with Crippen LogP contribution >= 0.6 is 15.6 Å². The van der Waals surface area contributed by atoms with E-state index in [1.165, 1.54) is 161 Å². The fourth-order valence-corrected chi connectivity index (χ4v) is 12.8. The first kappa shape index (κ1) is 93.5. The summed E-state index contributed by atoms with van der Waals surface area (Å²) in [5, 5.41) is 10.6. The predicted molar refractivity (Wildman–Crippen MR) is 390 cm³/mol. The van der Waals surface area contributed by atoms with Crippen molar-refractivity contribution in [1.29, 1.82) is 0 Å². The number of carbonyl (C=O) groups is 4. The molecule has 0 saturated carbocycles. The normalized spacial score (nSPS) is 14.8. The van der Waals surface area contributed by atoms with E-state index in [0.717, 1.165) is 127 Å². The summed E-state index contributed by atoms with van der Waals surface area (Å²) in [5.41, 5.74) is 0. The van der Waals surface area contributed by atoms with Gasteiger partial charge < -0.3 is 33.8 Å². The minimum atomic E-state index is -4.97. The number of ether oxygens (including phenoxy) is 4. The number of hydrogen-bond donors (Lipinski definition) is 3. The molecule has 0 rings (SSSR count). The van der Waals surface area contributed by atoms with Crippen molar-refractivity contribution in [3.63, 3.8) is 0 Å². The van der Waals surface area contributed by atoms with Crippen LogP contribution in [0.5, 0.6) is 0 Å². The van der Waals surface area contributed by atoms with Gasteiger partial charge in [-0.05, 0) is 69.1 Å². The molecule has 0 amide bonds. The first-order valence-electron chi connectivity index (χ1n) is 39.2. The second-order valence-corrected chi connectivity index (χ2v) is 30.9. The van der Waals surface area contributed by atoms with Crippen LogP contribution in [-0.2, 0) is 65.4 Å². The van der Waals surface area contributed by atoms with E-state index >= 15 is 0 Å². The molecule has 0 aliphatic heterocycles. The van der Waals surface area contributed by atoms with Crippen LogP contribution in [0.2, 0.25) is 0 Å². The van der Waals surface area contributed by atoms with E-state index in [9.17, 15) is 43.2 Å². The van der Waals surface area contributed by atoms with Crippen molar-refractivity contribution < 1.29 is 80.2 Å². The monoisotopic (exact) mass is 1410 g/mol. The van der Waals surface area contributed by atoms with E-state index in [2.05, 4.69) is 72.8 Å². The molecule has 4 unspecified atom stereocenters. The van der Waals surface area contributed by atoms with Gasteiger partial charge in [0.15, 0.2) is 12.2 Å². The van der Waals surface area contributed by atoms with Crippen molar-refractivity contribution in [2.45, 2.75) is 388 Å². The number of aliphatic hydroxyl groups is 1. The van der Waals surface area contributed by atoms with Crippen molar-refractivity contribution in [3.05, 3.63) is 24.3 Å². The largest absolute Gasteiger partial charge is 0.472 e. The lowest BCUT2D eigenvalue weighted by Crippen LogP contribution is -2.30. The van der Waals surface area contributed by atoms with E-state index in [-0.39, 0.29) is 25.7 Å². The van der Waals surface area contributed by atoms with Gasteiger partial charge in [0, 0.05) is 25.7 Å². The lowest BCUT2D eigenvalue weighted by molar-refractivity contribution is -0.161. The van der Waals surface area contributed by atoms with E-state index in [0.29, 0.717) is 25.7 Å². The maximum absolute atomic E-state index is 13.1. The van der Waals surface area contributed by atoms with Crippen LogP contribution in [0.4, 0.5) is 0 Å². The van der Waals surface area contributed by atoms with E-state index in [4.69, 9.17) is 37.0 Å². The number of aliphatic hydroxyl groups excluding tert-OH is 1. The Morgan fingerprint density at radius 3 is 0.927 bits per heavy atom. The number of allylic oxidation sites excluding steroid dienone is 4. The van der Waals surface area contributed by atoms with Crippen molar-refractivity contribution >= 4 is 39.5 Å². The molecule has 7 atom stereocenters. The molecule has 0 radical (unpaired) electrons. The van der Waals surface area contributed by atoms with Gasteiger partial charge in [-0.25, -0.2) is 9.13 Å². The third-order valence-electron chi connectivity index (χ3n) is 18.0. The van der Waals surface area contributed by atoms with Crippen LogP contribution in [0.3, 0.4) is 0 Å². The third kappa shape index (κ3) is 67.4. The summed E-state index contributed by atoms with van der Waals surface area (Å²) in [6, 6.07) is 0. The van der Waals surface area contributed by atoms with Gasteiger partial charge in [-0.15, -0.1) is 0 Å². The summed E-state index contributed by atoms with van der Waals surface area (Å²) >= 11 is 0. The molecule has 0 aliphatic carbocycles. The molecule has 3 N–H and O–H groups in total. The molecule has 0 bridgehead atoms. The second kappa shape index (κ2) is 67.1. The zero-order valence-corrected chi connectivity index (χ0v) is 64.1. The Balaban J connectivity index is 5.29. The van der Waals surface area contributed by atoms with Gasteiger partial charge in [0.2, 0.25) is 0 Å². The molecule has 0 fully saturated rings. The highest BCUT2D eigenvalue weighted by Crippen LogP contribution is 2.45. The summed E-state index contributed by atoms with van der Waals surface area (Å²) in [6.07, 6.45) is 56.2. The van der Waals surface area contributed by atoms with E-state index in [1.54, 1.807) is 0 Å². The molecule has 19 heteroatoms. The Labute approximate surface area is 586 Å². The Kier molecular flexibility index (Phi) is 65.3. The van der Waals surface area contributed by atoms with Crippen molar-refractivity contribution in [1.82, 2.24) is 0 Å². The van der Waals surface area contributed by atoms with Crippen molar-refractivity contribution in [2.24, 2.45) is 17.8 Å². The highest BCUT2D eigenvalue weighted by Gasteiger charge is 2.30. The fourth-order valence-electron chi connectivity index (χ4n) is 11.2. The first-order valence-corrected chi connectivity index (χ1v) is 42.2. The van der Waals surface area contributed by atoms with E-state index in [1.807, 2.05) is 0 Å². The Morgan fingerprint density at radius 1 is 0.344 bits per heavy atom. The van der Waals surface area contributed by atoms with Crippen LogP contribution < -0.4 is 0 Å². The van der Waals surface area contributed by atoms with Gasteiger partial charge in [0.05, 0.1) is 26.4 Å². The highest BCUT2D eigenvalue weighted by molar-refractivity contribution is 7.47. The van der Waals surface area contributed by atoms with Gasteiger partial charge in [-0.2, -0.15) is 0 Å². The first-order chi connectivity index (χ1) is 46.3. The number of phosphoric acid groups is 2. The van der Waals surface area contributed by atoms with Crippen molar-refractivity contribution in [3.8, 4) is 0 Å². The molecule has 0 aromatic heterocycles. The van der Waals surface area contributed by atoms with Gasteiger partial charge in [0.25, 0.3) is 0 Å². The summed E-state index contributed by atoms with van der Waals surface area (Å²) in [4.78, 5) is 72.8. The molecule has 0 aliphatic rings. The van der Waals surface area contributed by atoms with Crippen LogP contribution in [0.1, 0.15) is 370 Å². The lowest BCUT2D eigenvalue weighted by atomic mass is 9.99. The zero-order valence-electron chi connectivity index (χ0n) is 62.3. The van der Waals surface area contributed by atoms with Gasteiger partial charge in [0.1, 0.15) is 19.3 Å². The third-order valence-corrected chi connectivity index (χ3v) is 19.9. The summed E-state index contributed by atoms with van der Waals surface area (Å²) in [7, 11) is -9.93. The quantitative estimate of drug-likeness (QED) is 0.0169. The second-order valence-electron chi connectivity index (χ2n) is 28.0. The molecular formula is C77H146O17P2. The van der Waals surface area contributed by atoms with E-state index < -0.39 is 97.5 Å².